The summed E-state index contributed by atoms with van der Waals surface area (Å²) in [5.74, 6) is 2.80. The Morgan fingerprint density at radius 3 is 2.00 bits per heavy atom. The molecule has 0 bridgehead atoms. The topological polar surface area (TPSA) is 0 Å². The summed E-state index contributed by atoms with van der Waals surface area (Å²) in [6.45, 7) is 17.0. The zero-order valence-corrected chi connectivity index (χ0v) is 11.9. The first-order valence-corrected chi connectivity index (χ1v) is 6.85. The van der Waals surface area contributed by atoms with Gasteiger partial charge in [-0.2, -0.15) is 0 Å². The van der Waals surface area contributed by atoms with E-state index in [1.807, 2.05) is 0 Å². The molecule has 0 aromatic carbocycles. The van der Waals surface area contributed by atoms with Crippen molar-refractivity contribution in [1.29, 1.82) is 0 Å². The minimum Gasteiger partial charge on any atom is -0.0651 e. The molecule has 0 radical (unpaired) electrons. The standard InChI is InChI=1S/C15H30/c1-8-12-11(4)13(14(5,6)9-2)15(12,7)10-3/h11-13H,8-10H2,1-7H3. The van der Waals surface area contributed by atoms with Crippen molar-refractivity contribution in [2.24, 2.45) is 28.6 Å². The maximum Gasteiger partial charge on any atom is -0.0262 e. The van der Waals surface area contributed by atoms with E-state index in [4.69, 9.17) is 0 Å². The van der Waals surface area contributed by atoms with Gasteiger partial charge in [-0.15, -0.1) is 0 Å². The molecule has 0 spiro atoms. The van der Waals surface area contributed by atoms with Crippen LogP contribution in [0.5, 0.6) is 0 Å². The van der Waals surface area contributed by atoms with E-state index in [0.717, 1.165) is 17.8 Å². The average Bonchev–Trinajstić information content (AvgIpc) is 2.17. The molecule has 4 unspecified atom stereocenters. The first-order chi connectivity index (χ1) is 6.85. The van der Waals surface area contributed by atoms with Crippen LogP contribution in [0, 0.1) is 28.6 Å². The Balaban J connectivity index is 2.92. The van der Waals surface area contributed by atoms with E-state index in [9.17, 15) is 0 Å². The predicted molar refractivity (Wildman–Crippen MR) is 68.9 cm³/mol. The minimum absolute atomic E-state index is 0.524. The molecule has 0 aromatic rings. The van der Waals surface area contributed by atoms with Crippen molar-refractivity contribution in [1.82, 2.24) is 0 Å². The van der Waals surface area contributed by atoms with E-state index in [2.05, 4.69) is 48.5 Å². The summed E-state index contributed by atoms with van der Waals surface area (Å²) in [6, 6.07) is 0. The van der Waals surface area contributed by atoms with Gasteiger partial charge in [-0.05, 0) is 28.6 Å². The van der Waals surface area contributed by atoms with Gasteiger partial charge in [-0.1, -0.05) is 67.7 Å². The molecule has 1 saturated carbocycles. The molecule has 0 aromatic heterocycles. The normalized spacial score (nSPS) is 41.4. The summed E-state index contributed by atoms with van der Waals surface area (Å²) in [6.07, 6.45) is 4.03. The Hall–Kier alpha value is 0. The third kappa shape index (κ3) is 1.74. The van der Waals surface area contributed by atoms with Gasteiger partial charge in [0.15, 0.2) is 0 Å². The molecular formula is C15H30. The van der Waals surface area contributed by atoms with Crippen LogP contribution in [0.4, 0.5) is 0 Å². The molecule has 0 nitrogen and oxygen atoms in total. The summed E-state index contributed by atoms with van der Waals surface area (Å²) in [7, 11) is 0. The van der Waals surface area contributed by atoms with E-state index >= 15 is 0 Å². The van der Waals surface area contributed by atoms with Crippen LogP contribution in [-0.2, 0) is 0 Å². The lowest BCUT2D eigenvalue weighted by Crippen LogP contribution is -2.58. The van der Waals surface area contributed by atoms with Crippen molar-refractivity contribution >= 4 is 0 Å². The number of hydrogen-bond acceptors (Lipinski definition) is 0. The van der Waals surface area contributed by atoms with Gasteiger partial charge < -0.3 is 0 Å². The Bertz CT molecular complexity index is 216. The summed E-state index contributed by atoms with van der Waals surface area (Å²) < 4.78 is 0. The van der Waals surface area contributed by atoms with Gasteiger partial charge in [0.25, 0.3) is 0 Å². The van der Waals surface area contributed by atoms with Crippen LogP contribution in [0.2, 0.25) is 0 Å². The fraction of sp³-hybridized carbons (Fsp3) is 1.00. The van der Waals surface area contributed by atoms with Crippen molar-refractivity contribution in [3.8, 4) is 0 Å². The maximum absolute atomic E-state index is 2.53. The highest BCUT2D eigenvalue weighted by molar-refractivity contribution is 5.07. The zero-order valence-electron chi connectivity index (χ0n) is 11.9. The molecule has 90 valence electrons. The monoisotopic (exact) mass is 210 g/mol. The molecule has 1 rings (SSSR count). The van der Waals surface area contributed by atoms with Crippen LogP contribution in [0.25, 0.3) is 0 Å². The van der Waals surface area contributed by atoms with E-state index in [0.29, 0.717) is 10.8 Å². The van der Waals surface area contributed by atoms with Gasteiger partial charge in [-0.25, -0.2) is 0 Å². The summed E-state index contributed by atoms with van der Waals surface area (Å²) in [5.41, 5.74) is 1.13. The molecule has 0 aliphatic heterocycles. The molecule has 0 heterocycles. The van der Waals surface area contributed by atoms with Gasteiger partial charge in [0.05, 0.1) is 0 Å². The smallest absolute Gasteiger partial charge is 0.0262 e. The van der Waals surface area contributed by atoms with E-state index in [1.54, 1.807) is 0 Å². The van der Waals surface area contributed by atoms with Crippen molar-refractivity contribution in [3.63, 3.8) is 0 Å². The van der Waals surface area contributed by atoms with Crippen LogP contribution < -0.4 is 0 Å². The van der Waals surface area contributed by atoms with E-state index < -0.39 is 0 Å². The van der Waals surface area contributed by atoms with E-state index in [-0.39, 0.29) is 0 Å². The minimum atomic E-state index is 0.524. The van der Waals surface area contributed by atoms with Crippen LogP contribution in [0.15, 0.2) is 0 Å². The van der Waals surface area contributed by atoms with Crippen LogP contribution >= 0.6 is 0 Å². The SMILES string of the molecule is CCC1C(C)C(C(C)(C)CC)C1(C)CC. The second kappa shape index (κ2) is 4.11. The molecular weight excluding hydrogens is 180 g/mol. The molecule has 0 N–H and O–H groups in total. The Morgan fingerprint density at radius 2 is 1.67 bits per heavy atom. The molecule has 0 heteroatoms. The maximum atomic E-state index is 2.53. The second-order valence-electron chi connectivity index (χ2n) is 6.55. The quantitative estimate of drug-likeness (QED) is 0.603. The first-order valence-electron chi connectivity index (χ1n) is 6.85. The fourth-order valence-electron chi connectivity index (χ4n) is 4.69. The van der Waals surface area contributed by atoms with Crippen LogP contribution in [-0.4, -0.2) is 0 Å². The third-order valence-corrected chi connectivity index (χ3v) is 5.67. The van der Waals surface area contributed by atoms with E-state index in [1.165, 1.54) is 19.3 Å². The molecule has 1 fully saturated rings. The van der Waals surface area contributed by atoms with Crippen LogP contribution in [0.3, 0.4) is 0 Å². The van der Waals surface area contributed by atoms with Gasteiger partial charge in [0.1, 0.15) is 0 Å². The highest BCUT2D eigenvalue weighted by Gasteiger charge is 2.58. The Labute approximate surface area is 96.8 Å². The summed E-state index contributed by atoms with van der Waals surface area (Å²) in [5, 5.41) is 0. The van der Waals surface area contributed by atoms with Crippen LogP contribution in [0.1, 0.15) is 67.7 Å². The molecule has 0 amide bonds. The lowest BCUT2D eigenvalue weighted by Gasteiger charge is -2.65. The van der Waals surface area contributed by atoms with Gasteiger partial charge in [-0.3, -0.25) is 0 Å². The summed E-state index contributed by atoms with van der Waals surface area (Å²) >= 11 is 0. The molecule has 1 aliphatic rings. The fourth-order valence-corrected chi connectivity index (χ4v) is 4.69. The van der Waals surface area contributed by atoms with Gasteiger partial charge >= 0.3 is 0 Å². The van der Waals surface area contributed by atoms with Crippen molar-refractivity contribution in [2.75, 3.05) is 0 Å². The molecule has 0 saturated heterocycles. The van der Waals surface area contributed by atoms with Crippen molar-refractivity contribution in [3.05, 3.63) is 0 Å². The molecule has 1 aliphatic carbocycles. The average molecular weight is 210 g/mol. The lowest BCUT2D eigenvalue weighted by atomic mass is 9.40. The largest absolute Gasteiger partial charge is 0.0651 e. The predicted octanol–water partition coefficient (Wildman–Crippen LogP) is 5.13. The zero-order chi connectivity index (χ0) is 11.9. The second-order valence-corrected chi connectivity index (χ2v) is 6.55. The highest BCUT2D eigenvalue weighted by atomic mass is 14.6. The lowest BCUT2D eigenvalue weighted by molar-refractivity contribution is -0.164. The number of hydrogen-bond donors (Lipinski definition) is 0. The van der Waals surface area contributed by atoms with Crippen molar-refractivity contribution < 1.29 is 0 Å². The highest BCUT2D eigenvalue weighted by Crippen LogP contribution is 2.65. The summed E-state index contributed by atoms with van der Waals surface area (Å²) in [4.78, 5) is 0. The number of rotatable bonds is 4. The van der Waals surface area contributed by atoms with Crippen molar-refractivity contribution in [2.45, 2.75) is 67.7 Å². The van der Waals surface area contributed by atoms with Gasteiger partial charge in [0, 0.05) is 0 Å². The Kier molecular flexibility index (Phi) is 3.58. The molecule has 15 heavy (non-hydrogen) atoms. The molecule has 4 atom stereocenters. The third-order valence-electron chi connectivity index (χ3n) is 5.67. The first kappa shape index (κ1) is 13.1. The Morgan fingerprint density at radius 1 is 1.13 bits per heavy atom. The van der Waals surface area contributed by atoms with Gasteiger partial charge in [0.2, 0.25) is 0 Å².